The molecule has 60 valence electrons. The number of aliphatic hydroxyl groups is 1. The fourth-order valence-electron chi connectivity index (χ4n) is 0.458. The van der Waals surface area contributed by atoms with Crippen molar-refractivity contribution < 1.29 is 14.6 Å². The minimum Gasteiger partial charge on any atom is -0.469 e. The van der Waals surface area contributed by atoms with Crippen LogP contribution in [0.4, 0.5) is 0 Å². The molecule has 0 bridgehead atoms. The first kappa shape index (κ1) is 9.39. The lowest BCUT2D eigenvalue weighted by Crippen LogP contribution is -2.42. The molecule has 0 aromatic carbocycles. The predicted molar refractivity (Wildman–Crippen MR) is 36.3 cm³/mol. The molecule has 0 saturated carbocycles. The third-order valence-electron chi connectivity index (χ3n) is 1.14. The van der Waals surface area contributed by atoms with E-state index in [1.165, 1.54) is 7.11 Å². The monoisotopic (exact) mass is 147 g/mol. The van der Waals surface area contributed by atoms with Gasteiger partial charge in [-0.05, 0) is 6.92 Å². The highest BCUT2D eigenvalue weighted by molar-refractivity contribution is 5.70. The first-order valence-electron chi connectivity index (χ1n) is 2.98. The lowest BCUT2D eigenvalue weighted by atomic mass is 10.0. The van der Waals surface area contributed by atoms with E-state index in [2.05, 4.69) is 4.74 Å². The molecule has 0 rings (SSSR count). The smallest absolute Gasteiger partial charge is 0.307 e. The zero-order valence-corrected chi connectivity index (χ0v) is 6.26. The van der Waals surface area contributed by atoms with Gasteiger partial charge in [-0.15, -0.1) is 0 Å². The molecular weight excluding hydrogens is 134 g/mol. The predicted octanol–water partition coefficient (Wildman–Crippen LogP) is -0.741. The van der Waals surface area contributed by atoms with Crippen molar-refractivity contribution in [1.29, 1.82) is 0 Å². The van der Waals surface area contributed by atoms with E-state index in [0.29, 0.717) is 0 Å². The van der Waals surface area contributed by atoms with Gasteiger partial charge >= 0.3 is 5.97 Å². The molecule has 4 heteroatoms. The normalized spacial score (nSPS) is 16.0. The molecule has 1 unspecified atom stereocenters. The number of carbonyl (C=O) groups is 1. The number of ether oxygens (including phenoxy) is 1. The SMILES string of the molecule is COC(=O)CC(C)(N)CO. The molecule has 0 radical (unpaired) electrons. The largest absolute Gasteiger partial charge is 0.469 e. The molecule has 0 aliphatic carbocycles. The zero-order valence-electron chi connectivity index (χ0n) is 6.26. The van der Waals surface area contributed by atoms with Crippen LogP contribution in [0.3, 0.4) is 0 Å². The van der Waals surface area contributed by atoms with Crippen molar-refractivity contribution in [1.82, 2.24) is 0 Å². The lowest BCUT2D eigenvalue weighted by Gasteiger charge is -2.19. The number of nitrogens with two attached hydrogens (primary N) is 1. The van der Waals surface area contributed by atoms with Gasteiger partial charge in [0, 0.05) is 5.54 Å². The number of hydrogen-bond donors (Lipinski definition) is 2. The first-order chi connectivity index (χ1) is 4.52. The van der Waals surface area contributed by atoms with E-state index in [9.17, 15) is 4.79 Å². The van der Waals surface area contributed by atoms with Crippen LogP contribution >= 0.6 is 0 Å². The third kappa shape index (κ3) is 3.42. The third-order valence-corrected chi connectivity index (χ3v) is 1.14. The summed E-state index contributed by atoms with van der Waals surface area (Å²) in [7, 11) is 1.29. The topological polar surface area (TPSA) is 72.5 Å². The maximum absolute atomic E-state index is 10.6. The molecule has 0 aliphatic heterocycles. The number of methoxy groups -OCH3 is 1. The van der Waals surface area contributed by atoms with E-state index < -0.39 is 11.5 Å². The van der Waals surface area contributed by atoms with Crippen molar-refractivity contribution in [3.63, 3.8) is 0 Å². The molecular formula is C6H13NO3. The van der Waals surface area contributed by atoms with Gasteiger partial charge in [-0.25, -0.2) is 0 Å². The Morgan fingerprint density at radius 2 is 2.30 bits per heavy atom. The summed E-state index contributed by atoms with van der Waals surface area (Å²) in [5.41, 5.74) is 4.59. The second-order valence-corrected chi connectivity index (χ2v) is 2.57. The average Bonchev–Trinajstić information content (AvgIpc) is 1.87. The van der Waals surface area contributed by atoms with Crippen LogP contribution < -0.4 is 5.73 Å². The number of rotatable bonds is 3. The highest BCUT2D eigenvalue weighted by Gasteiger charge is 2.21. The number of carbonyl (C=O) groups excluding carboxylic acids is 1. The van der Waals surface area contributed by atoms with Crippen LogP contribution in [0.1, 0.15) is 13.3 Å². The van der Waals surface area contributed by atoms with E-state index >= 15 is 0 Å². The maximum atomic E-state index is 10.6. The molecule has 3 N–H and O–H groups in total. The van der Waals surface area contributed by atoms with Gasteiger partial charge in [-0.1, -0.05) is 0 Å². The van der Waals surface area contributed by atoms with Crippen molar-refractivity contribution in [3.05, 3.63) is 0 Å². The van der Waals surface area contributed by atoms with Gasteiger partial charge < -0.3 is 15.6 Å². The van der Waals surface area contributed by atoms with E-state index in [1.54, 1.807) is 6.92 Å². The molecule has 0 amide bonds. The second kappa shape index (κ2) is 3.53. The van der Waals surface area contributed by atoms with Crippen LogP contribution in [0.25, 0.3) is 0 Å². The Labute approximate surface area is 60.0 Å². The van der Waals surface area contributed by atoms with Crippen LogP contribution in [-0.2, 0) is 9.53 Å². The molecule has 0 spiro atoms. The van der Waals surface area contributed by atoms with Gasteiger partial charge in [0.15, 0.2) is 0 Å². The lowest BCUT2D eigenvalue weighted by molar-refractivity contribution is -0.142. The molecule has 10 heavy (non-hydrogen) atoms. The highest BCUT2D eigenvalue weighted by atomic mass is 16.5. The van der Waals surface area contributed by atoms with Gasteiger partial charge in [0.05, 0.1) is 20.1 Å². The minimum atomic E-state index is -0.854. The Morgan fingerprint density at radius 1 is 1.80 bits per heavy atom. The molecule has 0 heterocycles. The average molecular weight is 147 g/mol. The van der Waals surface area contributed by atoms with Crippen LogP contribution in [-0.4, -0.2) is 30.3 Å². The Morgan fingerprint density at radius 3 is 2.60 bits per heavy atom. The number of esters is 1. The van der Waals surface area contributed by atoms with Crippen molar-refractivity contribution in [2.75, 3.05) is 13.7 Å². The fraction of sp³-hybridized carbons (Fsp3) is 0.833. The maximum Gasteiger partial charge on any atom is 0.307 e. The summed E-state index contributed by atoms with van der Waals surface area (Å²) in [5, 5.41) is 8.61. The summed E-state index contributed by atoms with van der Waals surface area (Å²) in [4.78, 5) is 10.6. The van der Waals surface area contributed by atoms with E-state index in [4.69, 9.17) is 10.8 Å². The fourth-order valence-corrected chi connectivity index (χ4v) is 0.458. The van der Waals surface area contributed by atoms with Crippen LogP contribution in [0.2, 0.25) is 0 Å². The number of hydrogen-bond acceptors (Lipinski definition) is 4. The standard InChI is InChI=1S/C6H13NO3/c1-6(7,4-8)3-5(9)10-2/h8H,3-4,7H2,1-2H3. The Balaban J connectivity index is 3.76. The molecule has 4 nitrogen and oxygen atoms in total. The second-order valence-electron chi connectivity index (χ2n) is 2.57. The van der Waals surface area contributed by atoms with Crippen molar-refractivity contribution in [2.45, 2.75) is 18.9 Å². The quantitative estimate of drug-likeness (QED) is 0.516. The van der Waals surface area contributed by atoms with Gasteiger partial charge in [-0.2, -0.15) is 0 Å². The summed E-state index contributed by atoms with van der Waals surface area (Å²) in [6, 6.07) is 0. The van der Waals surface area contributed by atoms with Gasteiger partial charge in [-0.3, -0.25) is 4.79 Å². The van der Waals surface area contributed by atoms with Crippen LogP contribution in [0.15, 0.2) is 0 Å². The first-order valence-corrected chi connectivity index (χ1v) is 2.98. The van der Waals surface area contributed by atoms with Gasteiger partial charge in [0.25, 0.3) is 0 Å². The molecule has 0 aliphatic rings. The summed E-state index contributed by atoms with van der Waals surface area (Å²) in [6.07, 6.45) is 0.0417. The Kier molecular flexibility index (Phi) is 3.32. The van der Waals surface area contributed by atoms with Gasteiger partial charge in [0.2, 0.25) is 0 Å². The summed E-state index contributed by atoms with van der Waals surface area (Å²) >= 11 is 0. The van der Waals surface area contributed by atoms with E-state index in [1.807, 2.05) is 0 Å². The summed E-state index contributed by atoms with van der Waals surface area (Å²) in [5.74, 6) is -0.404. The minimum absolute atomic E-state index is 0.0417. The van der Waals surface area contributed by atoms with Crippen LogP contribution in [0, 0.1) is 0 Å². The number of aliphatic hydroxyl groups excluding tert-OH is 1. The van der Waals surface area contributed by atoms with Crippen molar-refractivity contribution in [2.24, 2.45) is 5.73 Å². The highest BCUT2D eigenvalue weighted by Crippen LogP contribution is 2.04. The zero-order chi connectivity index (χ0) is 8.20. The molecule has 0 saturated heterocycles. The van der Waals surface area contributed by atoms with Crippen molar-refractivity contribution in [3.8, 4) is 0 Å². The van der Waals surface area contributed by atoms with E-state index in [-0.39, 0.29) is 13.0 Å². The van der Waals surface area contributed by atoms with Gasteiger partial charge in [0.1, 0.15) is 0 Å². The molecule has 1 atom stereocenters. The van der Waals surface area contributed by atoms with Crippen LogP contribution in [0.5, 0.6) is 0 Å². The summed E-state index contributed by atoms with van der Waals surface area (Å²) < 4.78 is 4.36. The van der Waals surface area contributed by atoms with E-state index in [0.717, 1.165) is 0 Å². The Bertz CT molecular complexity index is 122. The van der Waals surface area contributed by atoms with Crippen molar-refractivity contribution >= 4 is 5.97 Å². The molecule has 0 fully saturated rings. The Hall–Kier alpha value is -0.610. The molecule has 0 aromatic heterocycles. The molecule has 0 aromatic rings. The summed E-state index contributed by atoms with van der Waals surface area (Å²) in [6.45, 7) is 1.37.